The number of carbonyl (C=O) groups is 1. The predicted molar refractivity (Wildman–Crippen MR) is 109 cm³/mol. The Morgan fingerprint density at radius 2 is 1.89 bits per heavy atom. The minimum absolute atomic E-state index is 0.199. The lowest BCUT2D eigenvalue weighted by atomic mass is 10.1. The highest BCUT2D eigenvalue weighted by molar-refractivity contribution is 6.31. The Morgan fingerprint density at radius 3 is 2.67 bits per heavy atom. The highest BCUT2D eigenvalue weighted by Crippen LogP contribution is 2.25. The second-order valence-electron chi connectivity index (χ2n) is 6.63. The van der Waals surface area contributed by atoms with Crippen molar-refractivity contribution in [1.29, 1.82) is 0 Å². The summed E-state index contributed by atoms with van der Waals surface area (Å²) in [5.41, 5.74) is 6.10. The van der Waals surface area contributed by atoms with E-state index in [4.69, 9.17) is 16.0 Å². The highest BCUT2D eigenvalue weighted by Gasteiger charge is 2.18. The fourth-order valence-electron chi connectivity index (χ4n) is 3.16. The molecule has 4 rings (SSSR count). The van der Waals surface area contributed by atoms with Gasteiger partial charge in [0.1, 0.15) is 5.69 Å². The molecule has 27 heavy (non-hydrogen) atoms. The van der Waals surface area contributed by atoms with E-state index in [9.17, 15) is 4.79 Å². The zero-order chi connectivity index (χ0) is 19.0. The normalized spacial score (nSPS) is 11.1. The molecule has 136 valence electrons. The summed E-state index contributed by atoms with van der Waals surface area (Å²) >= 11 is 6.17. The Labute approximate surface area is 162 Å². The van der Waals surface area contributed by atoms with Crippen LogP contribution in [0.2, 0.25) is 5.02 Å². The summed E-state index contributed by atoms with van der Waals surface area (Å²) in [7, 11) is 0. The van der Waals surface area contributed by atoms with Crippen molar-refractivity contribution in [2.45, 2.75) is 20.4 Å². The molecule has 1 N–H and O–H groups in total. The molecule has 0 aliphatic rings. The van der Waals surface area contributed by atoms with Crippen LogP contribution in [0.15, 0.2) is 65.3 Å². The average Bonchev–Trinajstić information content (AvgIpc) is 3.22. The smallest absolute Gasteiger partial charge is 0.272 e. The van der Waals surface area contributed by atoms with E-state index < -0.39 is 0 Å². The van der Waals surface area contributed by atoms with Gasteiger partial charge in [-0.15, -0.1) is 0 Å². The monoisotopic (exact) mass is 378 g/mol. The second-order valence-corrected chi connectivity index (χ2v) is 7.04. The minimum atomic E-state index is -0.199. The number of amides is 1. The molecule has 0 aliphatic carbocycles. The molecular formula is C22H19ClN2O2. The molecule has 0 spiro atoms. The Balaban J connectivity index is 1.70. The molecule has 0 fully saturated rings. The molecule has 2 heterocycles. The molecule has 0 saturated carbocycles. The third kappa shape index (κ3) is 3.36. The molecule has 0 atom stereocenters. The van der Waals surface area contributed by atoms with Crippen LogP contribution in [0.4, 0.5) is 5.69 Å². The first-order chi connectivity index (χ1) is 13.0. The summed E-state index contributed by atoms with van der Waals surface area (Å²) in [4.78, 5) is 13.0. The molecule has 0 bridgehead atoms. The van der Waals surface area contributed by atoms with Gasteiger partial charge in [0, 0.05) is 29.4 Å². The maximum absolute atomic E-state index is 13.0. The van der Waals surface area contributed by atoms with Gasteiger partial charge < -0.3 is 14.3 Å². The largest absolute Gasteiger partial charge is 0.463 e. The van der Waals surface area contributed by atoms with Crippen molar-refractivity contribution >= 4 is 34.3 Å². The zero-order valence-corrected chi connectivity index (χ0v) is 15.9. The van der Waals surface area contributed by atoms with Gasteiger partial charge in [0.05, 0.1) is 11.8 Å². The Morgan fingerprint density at radius 1 is 1.07 bits per heavy atom. The molecule has 0 unspecified atom stereocenters. The number of fused-ring (bicyclic) bond motifs is 1. The van der Waals surface area contributed by atoms with Gasteiger partial charge in [-0.05, 0) is 42.7 Å². The average molecular weight is 379 g/mol. The number of hydrogen-bond acceptors (Lipinski definition) is 2. The standard InChI is InChI=1S/C22H19ClN2O2/c1-14-5-3-4-6-16(14)13-25-19-9-10-27-21(19)12-20(25)22(26)24-17-8-7-15(2)18(23)11-17/h3-12H,13H2,1-2H3,(H,24,26). The Kier molecular flexibility index (Phi) is 4.50. The number of benzene rings is 2. The van der Waals surface area contributed by atoms with Crippen molar-refractivity contribution in [2.24, 2.45) is 0 Å². The number of aryl methyl sites for hydroxylation is 2. The van der Waals surface area contributed by atoms with Gasteiger partial charge >= 0.3 is 0 Å². The number of nitrogens with zero attached hydrogens (tertiary/aromatic N) is 1. The van der Waals surface area contributed by atoms with Gasteiger partial charge in [0.25, 0.3) is 5.91 Å². The summed E-state index contributed by atoms with van der Waals surface area (Å²) in [6.45, 7) is 4.59. The number of furan rings is 1. The van der Waals surface area contributed by atoms with Gasteiger partial charge in [-0.1, -0.05) is 41.9 Å². The van der Waals surface area contributed by atoms with Crippen molar-refractivity contribution in [3.8, 4) is 0 Å². The van der Waals surface area contributed by atoms with Crippen LogP contribution in [0.1, 0.15) is 27.2 Å². The van der Waals surface area contributed by atoms with E-state index in [1.54, 1.807) is 18.4 Å². The number of nitrogens with one attached hydrogen (secondary N) is 1. The lowest BCUT2D eigenvalue weighted by Crippen LogP contribution is -2.17. The molecule has 0 radical (unpaired) electrons. The number of rotatable bonds is 4. The number of aromatic nitrogens is 1. The first-order valence-electron chi connectivity index (χ1n) is 8.71. The summed E-state index contributed by atoms with van der Waals surface area (Å²) in [5, 5.41) is 3.55. The van der Waals surface area contributed by atoms with E-state index in [0.717, 1.165) is 16.6 Å². The fourth-order valence-corrected chi connectivity index (χ4v) is 3.34. The third-order valence-electron chi connectivity index (χ3n) is 4.77. The van der Waals surface area contributed by atoms with Gasteiger partial charge in [0.2, 0.25) is 0 Å². The highest BCUT2D eigenvalue weighted by atomic mass is 35.5. The predicted octanol–water partition coefficient (Wildman–Crippen LogP) is 5.81. The van der Waals surface area contributed by atoms with E-state index in [0.29, 0.717) is 28.5 Å². The maximum atomic E-state index is 13.0. The van der Waals surface area contributed by atoms with Crippen molar-refractivity contribution < 1.29 is 9.21 Å². The molecule has 1 amide bonds. The first-order valence-corrected chi connectivity index (χ1v) is 9.09. The van der Waals surface area contributed by atoms with E-state index in [-0.39, 0.29) is 5.91 Å². The first kappa shape index (κ1) is 17.4. The molecule has 5 heteroatoms. The van der Waals surface area contributed by atoms with Crippen molar-refractivity contribution in [3.63, 3.8) is 0 Å². The van der Waals surface area contributed by atoms with Crippen LogP contribution >= 0.6 is 11.6 Å². The van der Waals surface area contributed by atoms with Crippen molar-refractivity contribution in [2.75, 3.05) is 5.32 Å². The van der Waals surface area contributed by atoms with Crippen LogP contribution < -0.4 is 5.32 Å². The lowest BCUT2D eigenvalue weighted by molar-refractivity contribution is 0.101. The Bertz CT molecular complexity index is 1140. The van der Waals surface area contributed by atoms with Gasteiger partial charge in [-0.2, -0.15) is 0 Å². The van der Waals surface area contributed by atoms with Gasteiger partial charge in [0.15, 0.2) is 5.58 Å². The van der Waals surface area contributed by atoms with Crippen LogP contribution in [0.25, 0.3) is 11.1 Å². The molecular weight excluding hydrogens is 360 g/mol. The number of hydrogen-bond donors (Lipinski definition) is 1. The van der Waals surface area contributed by atoms with Crippen LogP contribution in [0, 0.1) is 13.8 Å². The molecule has 4 nitrogen and oxygen atoms in total. The molecule has 2 aromatic heterocycles. The number of halogens is 1. The fraction of sp³-hybridized carbons (Fsp3) is 0.136. The quantitative estimate of drug-likeness (QED) is 0.487. The molecule has 4 aromatic rings. The van der Waals surface area contributed by atoms with Crippen LogP contribution in [0.3, 0.4) is 0 Å². The summed E-state index contributed by atoms with van der Waals surface area (Å²) < 4.78 is 7.50. The summed E-state index contributed by atoms with van der Waals surface area (Å²) in [5.74, 6) is -0.199. The van der Waals surface area contributed by atoms with Gasteiger partial charge in [-0.3, -0.25) is 4.79 Å². The maximum Gasteiger partial charge on any atom is 0.272 e. The van der Waals surface area contributed by atoms with Gasteiger partial charge in [-0.25, -0.2) is 0 Å². The number of anilines is 1. The third-order valence-corrected chi connectivity index (χ3v) is 5.18. The van der Waals surface area contributed by atoms with Crippen molar-refractivity contribution in [3.05, 3.63) is 88.3 Å². The Hall–Kier alpha value is -2.98. The minimum Gasteiger partial charge on any atom is -0.463 e. The number of carbonyl (C=O) groups excluding carboxylic acids is 1. The summed E-state index contributed by atoms with van der Waals surface area (Å²) in [6, 6.07) is 17.3. The van der Waals surface area contributed by atoms with E-state index in [2.05, 4.69) is 24.4 Å². The van der Waals surface area contributed by atoms with Crippen LogP contribution in [0.5, 0.6) is 0 Å². The summed E-state index contributed by atoms with van der Waals surface area (Å²) in [6.07, 6.45) is 1.64. The van der Waals surface area contributed by atoms with E-state index in [1.165, 1.54) is 5.56 Å². The molecule has 2 aromatic carbocycles. The topological polar surface area (TPSA) is 47.2 Å². The molecule has 0 saturated heterocycles. The SMILES string of the molecule is Cc1ccc(NC(=O)c2cc3occc3n2Cc2ccccc2C)cc1Cl. The van der Waals surface area contributed by atoms with Crippen LogP contribution in [-0.4, -0.2) is 10.5 Å². The van der Waals surface area contributed by atoms with Crippen LogP contribution in [-0.2, 0) is 6.54 Å². The van der Waals surface area contributed by atoms with Crippen molar-refractivity contribution in [1.82, 2.24) is 4.57 Å². The second kappa shape index (κ2) is 6.97. The lowest BCUT2D eigenvalue weighted by Gasteiger charge is -2.13. The molecule has 0 aliphatic heterocycles. The van der Waals surface area contributed by atoms with E-state index >= 15 is 0 Å². The zero-order valence-electron chi connectivity index (χ0n) is 15.1. The van der Waals surface area contributed by atoms with E-state index in [1.807, 2.05) is 41.8 Å².